The number of halogens is 1. The van der Waals surface area contributed by atoms with Crippen LogP contribution in [0.1, 0.15) is 32.1 Å². The molecule has 0 fully saturated rings. The molecule has 1 unspecified atom stereocenters. The monoisotopic (exact) mass is 541 g/mol. The SMILES string of the molecule is Cc1ccc(-c2nccc3[nH]c(-c4n[nH]c5c(F)cc(-c6cncc(NC(O)CC(C)(C)C)c6)cc45)nc23)s1. The molecular weight excluding hydrogens is 513 g/mol. The standard InChI is InChI=1S/C29H28FN7OS/c1-15-5-6-22(39-15)27-26-21(7-8-32-27)34-28(35-26)25-19-10-16(11-20(30)24(19)36-37-25)17-9-18(14-31-13-17)33-23(38)12-29(2,3)4/h5-11,13-14,23,33,38H,12H2,1-4H3,(H,34,35)(H,36,37). The van der Waals surface area contributed by atoms with Crippen LogP contribution in [0.25, 0.3) is 55.2 Å². The Morgan fingerprint density at radius 3 is 2.69 bits per heavy atom. The first-order chi connectivity index (χ1) is 18.6. The summed E-state index contributed by atoms with van der Waals surface area (Å²) in [7, 11) is 0. The van der Waals surface area contributed by atoms with E-state index in [1.165, 1.54) is 10.9 Å². The van der Waals surface area contributed by atoms with E-state index >= 15 is 4.39 Å². The van der Waals surface area contributed by atoms with Crippen LogP contribution in [0.15, 0.2) is 55.0 Å². The molecule has 198 valence electrons. The number of hydrogen-bond acceptors (Lipinski definition) is 7. The number of aromatic amines is 2. The van der Waals surface area contributed by atoms with Gasteiger partial charge < -0.3 is 15.4 Å². The highest BCUT2D eigenvalue weighted by Crippen LogP contribution is 2.35. The van der Waals surface area contributed by atoms with Crippen molar-refractivity contribution in [3.8, 4) is 33.2 Å². The van der Waals surface area contributed by atoms with Gasteiger partial charge in [-0.1, -0.05) is 20.8 Å². The fourth-order valence-electron chi connectivity index (χ4n) is 4.72. The largest absolute Gasteiger partial charge is 0.374 e. The number of thiophene rings is 1. The van der Waals surface area contributed by atoms with Gasteiger partial charge in [0.2, 0.25) is 0 Å². The first-order valence-corrected chi connectivity index (χ1v) is 13.5. The molecule has 6 aromatic rings. The van der Waals surface area contributed by atoms with Crippen LogP contribution in [0.5, 0.6) is 0 Å². The highest BCUT2D eigenvalue weighted by atomic mass is 32.1. The van der Waals surface area contributed by atoms with Gasteiger partial charge in [0.25, 0.3) is 0 Å². The Morgan fingerprint density at radius 1 is 1.08 bits per heavy atom. The third-order valence-corrected chi connectivity index (χ3v) is 7.44. The lowest BCUT2D eigenvalue weighted by Gasteiger charge is -2.23. The highest BCUT2D eigenvalue weighted by molar-refractivity contribution is 7.15. The molecule has 39 heavy (non-hydrogen) atoms. The molecule has 0 bridgehead atoms. The van der Waals surface area contributed by atoms with Crippen molar-refractivity contribution in [3.05, 3.63) is 65.7 Å². The minimum atomic E-state index is -0.729. The Labute approximate surface area is 228 Å². The molecule has 0 amide bonds. The van der Waals surface area contributed by atoms with Gasteiger partial charge in [-0.25, -0.2) is 9.37 Å². The van der Waals surface area contributed by atoms with Crippen molar-refractivity contribution in [2.75, 3.05) is 5.32 Å². The van der Waals surface area contributed by atoms with Crippen molar-refractivity contribution in [2.24, 2.45) is 5.41 Å². The number of fused-ring (bicyclic) bond motifs is 2. The Hall–Kier alpha value is -4.15. The Balaban J connectivity index is 1.39. The number of aliphatic hydroxyl groups is 1. The topological polar surface area (TPSA) is 115 Å². The third kappa shape index (κ3) is 5.00. The summed E-state index contributed by atoms with van der Waals surface area (Å²) in [5, 5.41) is 21.4. The number of nitrogens with zero attached hydrogens (tertiary/aromatic N) is 4. The molecule has 0 radical (unpaired) electrons. The second-order valence-electron chi connectivity index (χ2n) is 10.9. The predicted octanol–water partition coefficient (Wildman–Crippen LogP) is 6.91. The summed E-state index contributed by atoms with van der Waals surface area (Å²) in [5.74, 6) is 0.0917. The zero-order valence-corrected chi connectivity index (χ0v) is 22.8. The zero-order chi connectivity index (χ0) is 27.3. The minimum Gasteiger partial charge on any atom is -0.374 e. The smallest absolute Gasteiger partial charge is 0.159 e. The number of pyridine rings is 2. The number of aliphatic hydroxyl groups excluding tert-OH is 1. The Morgan fingerprint density at radius 2 is 1.92 bits per heavy atom. The number of benzene rings is 1. The second-order valence-corrected chi connectivity index (χ2v) is 12.2. The maximum atomic E-state index is 15.3. The van der Waals surface area contributed by atoms with Crippen LogP contribution in [-0.2, 0) is 0 Å². The van der Waals surface area contributed by atoms with Gasteiger partial charge in [-0.3, -0.25) is 15.1 Å². The van der Waals surface area contributed by atoms with Crippen molar-refractivity contribution in [3.63, 3.8) is 0 Å². The molecule has 5 aromatic heterocycles. The van der Waals surface area contributed by atoms with Gasteiger partial charge in [-0.05, 0) is 60.7 Å². The van der Waals surface area contributed by atoms with E-state index in [0.717, 1.165) is 21.6 Å². The maximum absolute atomic E-state index is 15.3. The number of rotatable bonds is 6. The van der Waals surface area contributed by atoms with Gasteiger partial charge in [-0.2, -0.15) is 5.10 Å². The normalized spacial score (nSPS) is 12.9. The van der Waals surface area contributed by atoms with Crippen LogP contribution in [-0.4, -0.2) is 41.5 Å². The number of anilines is 1. The highest BCUT2D eigenvalue weighted by Gasteiger charge is 2.20. The average molecular weight is 542 g/mol. The number of aryl methyl sites for hydroxylation is 1. The molecule has 8 nitrogen and oxygen atoms in total. The van der Waals surface area contributed by atoms with Crippen LogP contribution in [0.2, 0.25) is 0 Å². The molecule has 6 rings (SSSR count). The number of aromatic nitrogens is 6. The van der Waals surface area contributed by atoms with E-state index in [-0.39, 0.29) is 5.41 Å². The summed E-state index contributed by atoms with van der Waals surface area (Å²) in [4.78, 5) is 19.3. The van der Waals surface area contributed by atoms with Gasteiger partial charge in [0, 0.05) is 28.2 Å². The van der Waals surface area contributed by atoms with Crippen LogP contribution in [0, 0.1) is 18.2 Å². The quantitative estimate of drug-likeness (QED) is 0.170. The zero-order valence-electron chi connectivity index (χ0n) is 22.0. The van der Waals surface area contributed by atoms with Crippen molar-refractivity contribution in [1.29, 1.82) is 0 Å². The summed E-state index contributed by atoms with van der Waals surface area (Å²) in [5.41, 5.74) is 5.12. The molecule has 1 atom stereocenters. The van der Waals surface area contributed by atoms with E-state index in [4.69, 9.17) is 4.98 Å². The Kier molecular flexibility index (Phi) is 6.16. The van der Waals surface area contributed by atoms with Gasteiger partial charge >= 0.3 is 0 Å². The van der Waals surface area contributed by atoms with Gasteiger partial charge in [0.15, 0.2) is 5.82 Å². The first kappa shape index (κ1) is 25.1. The first-order valence-electron chi connectivity index (χ1n) is 12.6. The molecular formula is C29H28FN7OS. The number of nitrogens with one attached hydrogen (secondary N) is 3. The summed E-state index contributed by atoms with van der Waals surface area (Å²) in [6, 6.07) is 11.1. The molecule has 0 aliphatic carbocycles. The molecule has 5 heterocycles. The minimum absolute atomic E-state index is 0.0422. The van der Waals surface area contributed by atoms with Crippen LogP contribution in [0.3, 0.4) is 0 Å². The van der Waals surface area contributed by atoms with Gasteiger partial charge in [0.05, 0.1) is 22.3 Å². The Bertz CT molecular complexity index is 1810. The van der Waals surface area contributed by atoms with Crippen molar-refractivity contribution >= 4 is 39.0 Å². The lowest BCUT2D eigenvalue weighted by Crippen LogP contribution is -2.25. The molecule has 0 aliphatic rings. The molecule has 0 saturated heterocycles. The van der Waals surface area contributed by atoms with E-state index in [1.54, 1.807) is 29.9 Å². The van der Waals surface area contributed by atoms with Crippen molar-refractivity contribution in [2.45, 2.75) is 40.3 Å². The van der Waals surface area contributed by atoms with Gasteiger partial charge in [-0.15, -0.1) is 11.3 Å². The van der Waals surface area contributed by atoms with Crippen LogP contribution in [0.4, 0.5) is 10.1 Å². The maximum Gasteiger partial charge on any atom is 0.159 e. The second kappa shape index (κ2) is 9.55. The van der Waals surface area contributed by atoms with Crippen molar-refractivity contribution < 1.29 is 9.50 Å². The summed E-state index contributed by atoms with van der Waals surface area (Å²) in [6.45, 7) is 8.25. The third-order valence-electron chi connectivity index (χ3n) is 6.43. The molecule has 1 aromatic carbocycles. The van der Waals surface area contributed by atoms with Crippen molar-refractivity contribution in [1.82, 2.24) is 30.1 Å². The van der Waals surface area contributed by atoms with Crippen LogP contribution < -0.4 is 5.32 Å². The number of hydrogen-bond donors (Lipinski definition) is 4. The molecule has 0 saturated carbocycles. The molecule has 0 aliphatic heterocycles. The predicted molar refractivity (Wildman–Crippen MR) is 154 cm³/mol. The summed E-state index contributed by atoms with van der Waals surface area (Å²) >= 11 is 1.66. The van der Waals surface area contributed by atoms with E-state index in [2.05, 4.69) is 64.2 Å². The fourth-order valence-corrected chi connectivity index (χ4v) is 5.58. The van der Waals surface area contributed by atoms with Gasteiger partial charge in [0.1, 0.15) is 34.5 Å². The van der Waals surface area contributed by atoms with E-state index in [1.807, 2.05) is 24.3 Å². The lowest BCUT2D eigenvalue weighted by atomic mass is 9.91. The average Bonchev–Trinajstić information content (AvgIpc) is 3.60. The number of imidazole rings is 1. The van der Waals surface area contributed by atoms with E-state index in [0.29, 0.717) is 45.7 Å². The molecule has 10 heteroatoms. The summed E-state index contributed by atoms with van der Waals surface area (Å²) < 4.78 is 15.3. The molecule has 0 spiro atoms. The lowest BCUT2D eigenvalue weighted by molar-refractivity contribution is 0.145. The fraction of sp³-hybridized carbons (Fsp3) is 0.241. The van der Waals surface area contributed by atoms with Crippen LogP contribution >= 0.6 is 11.3 Å². The number of H-pyrrole nitrogens is 2. The molecule has 4 N–H and O–H groups in total. The van der Waals surface area contributed by atoms with E-state index in [9.17, 15) is 5.11 Å². The summed E-state index contributed by atoms with van der Waals surface area (Å²) in [6.07, 6.45) is 4.90. The van der Waals surface area contributed by atoms with E-state index < -0.39 is 12.0 Å².